The highest BCUT2D eigenvalue weighted by atomic mass is 16.6. The van der Waals surface area contributed by atoms with Crippen LogP contribution in [-0.4, -0.2) is 30.2 Å². The summed E-state index contributed by atoms with van der Waals surface area (Å²) in [7, 11) is 0. The molecule has 110 valence electrons. The molecule has 0 saturated carbocycles. The summed E-state index contributed by atoms with van der Waals surface area (Å²) in [6.07, 6.45) is 3.90. The molecule has 0 radical (unpaired) electrons. The lowest BCUT2D eigenvalue weighted by molar-refractivity contribution is -0.386. The Bertz CT molecular complexity index is 811. The lowest BCUT2D eigenvalue weighted by Crippen LogP contribution is -1.96. The van der Waals surface area contributed by atoms with Crippen LogP contribution in [0.5, 0.6) is 11.5 Å². The lowest BCUT2D eigenvalue weighted by atomic mass is 10.1. The number of rotatable bonds is 3. The smallest absolute Gasteiger partial charge is 0.315 e. The molecule has 9 heteroatoms. The second-order valence-corrected chi connectivity index (χ2v) is 4.05. The summed E-state index contributed by atoms with van der Waals surface area (Å²) in [6.45, 7) is 0. The van der Waals surface area contributed by atoms with Gasteiger partial charge in [-0.2, -0.15) is 5.26 Å². The molecule has 0 spiro atoms. The first-order valence-corrected chi connectivity index (χ1v) is 5.76. The zero-order chi connectivity index (χ0) is 16.3. The third-order valence-corrected chi connectivity index (χ3v) is 2.71. The molecule has 0 atom stereocenters. The molecule has 0 bridgehead atoms. The Morgan fingerprint density at radius 2 is 2.05 bits per heavy atom. The number of nitro benzene ring substituents is 1. The van der Waals surface area contributed by atoms with Crippen LogP contribution in [0.3, 0.4) is 0 Å². The van der Waals surface area contributed by atoms with Crippen molar-refractivity contribution in [2.75, 3.05) is 0 Å². The van der Waals surface area contributed by atoms with E-state index in [9.17, 15) is 25.4 Å². The molecule has 9 nitrogen and oxygen atoms in total. The number of aliphatic hydroxyl groups excluding tert-OH is 1. The van der Waals surface area contributed by atoms with Gasteiger partial charge in [0.15, 0.2) is 5.75 Å². The number of aromatic nitrogens is 2. The molecule has 1 heterocycles. The molecule has 0 amide bonds. The SMILES string of the molecule is N#C/C(=C(/O)c1cc(O)c(O)c([N+](=O)[O-])c1)c1cnccn1. The van der Waals surface area contributed by atoms with Crippen molar-refractivity contribution in [3.05, 3.63) is 52.1 Å². The minimum atomic E-state index is -0.931. The van der Waals surface area contributed by atoms with Crippen molar-refractivity contribution in [1.29, 1.82) is 5.26 Å². The Hall–Kier alpha value is -3.67. The van der Waals surface area contributed by atoms with Crippen LogP contribution in [0.25, 0.3) is 11.3 Å². The molecule has 0 aliphatic rings. The first-order chi connectivity index (χ1) is 10.5. The third-order valence-electron chi connectivity index (χ3n) is 2.71. The summed E-state index contributed by atoms with van der Waals surface area (Å²) in [6, 6.07) is 3.44. The Kier molecular flexibility index (Phi) is 3.86. The third kappa shape index (κ3) is 2.61. The van der Waals surface area contributed by atoms with Crippen molar-refractivity contribution in [1.82, 2.24) is 9.97 Å². The summed E-state index contributed by atoms with van der Waals surface area (Å²) >= 11 is 0. The molecule has 0 fully saturated rings. The maximum atomic E-state index is 10.8. The van der Waals surface area contributed by atoms with Gasteiger partial charge in [-0.05, 0) is 6.07 Å². The molecule has 0 aliphatic heterocycles. The highest BCUT2D eigenvalue weighted by Crippen LogP contribution is 2.38. The largest absolute Gasteiger partial charge is 0.506 e. The number of nitriles is 1. The number of nitro groups is 1. The molecule has 1 aromatic heterocycles. The van der Waals surface area contributed by atoms with Crippen LogP contribution in [-0.2, 0) is 0 Å². The van der Waals surface area contributed by atoms with Crippen molar-refractivity contribution < 1.29 is 20.2 Å². The molecule has 22 heavy (non-hydrogen) atoms. The number of benzene rings is 1. The van der Waals surface area contributed by atoms with Crippen LogP contribution < -0.4 is 0 Å². The quantitative estimate of drug-likeness (QED) is 0.254. The number of phenolic OH excluding ortho intramolecular Hbond substituents is 2. The van der Waals surface area contributed by atoms with Gasteiger partial charge in [0.25, 0.3) is 0 Å². The second kappa shape index (κ2) is 5.76. The van der Waals surface area contributed by atoms with Gasteiger partial charge in [-0.3, -0.25) is 20.1 Å². The van der Waals surface area contributed by atoms with Gasteiger partial charge in [0, 0.05) is 24.0 Å². The molecule has 0 unspecified atom stereocenters. The molecular weight excluding hydrogens is 292 g/mol. The van der Waals surface area contributed by atoms with Crippen molar-refractivity contribution in [2.45, 2.75) is 0 Å². The van der Waals surface area contributed by atoms with Gasteiger partial charge < -0.3 is 15.3 Å². The van der Waals surface area contributed by atoms with Crippen LogP contribution in [0.4, 0.5) is 5.69 Å². The number of hydrogen-bond donors (Lipinski definition) is 3. The summed E-state index contributed by atoms with van der Waals surface area (Å²) in [5.74, 6) is -2.37. The minimum Gasteiger partial charge on any atom is -0.506 e. The molecule has 0 saturated heterocycles. The van der Waals surface area contributed by atoms with Crippen LogP contribution in [0.1, 0.15) is 11.3 Å². The number of phenols is 2. The van der Waals surface area contributed by atoms with Gasteiger partial charge >= 0.3 is 5.69 Å². The van der Waals surface area contributed by atoms with E-state index in [0.29, 0.717) is 0 Å². The molecule has 1 aromatic carbocycles. The van der Waals surface area contributed by atoms with Crippen molar-refractivity contribution in [2.24, 2.45) is 0 Å². The predicted molar refractivity (Wildman–Crippen MR) is 73.5 cm³/mol. The average Bonchev–Trinajstić information content (AvgIpc) is 2.51. The summed E-state index contributed by atoms with van der Waals surface area (Å²) in [4.78, 5) is 17.5. The molecular formula is C13H8N4O5. The monoisotopic (exact) mass is 300 g/mol. The van der Waals surface area contributed by atoms with E-state index in [4.69, 9.17) is 5.26 Å². The second-order valence-electron chi connectivity index (χ2n) is 4.05. The number of allylic oxidation sites excluding steroid dienone is 1. The van der Waals surface area contributed by atoms with E-state index >= 15 is 0 Å². The van der Waals surface area contributed by atoms with Gasteiger partial charge in [0.05, 0.1) is 11.1 Å². The lowest BCUT2D eigenvalue weighted by Gasteiger charge is -2.06. The van der Waals surface area contributed by atoms with Gasteiger partial charge in [0.2, 0.25) is 5.75 Å². The Balaban J connectivity index is 2.67. The molecule has 3 N–H and O–H groups in total. The van der Waals surface area contributed by atoms with E-state index in [2.05, 4.69) is 9.97 Å². The first kappa shape index (κ1) is 14.7. The highest BCUT2D eigenvalue weighted by molar-refractivity contribution is 5.93. The predicted octanol–water partition coefficient (Wildman–Crippen LogP) is 1.75. The van der Waals surface area contributed by atoms with E-state index in [-0.39, 0.29) is 16.8 Å². The van der Waals surface area contributed by atoms with Gasteiger partial charge in [-0.25, -0.2) is 0 Å². The van der Waals surface area contributed by atoms with Gasteiger partial charge in [-0.1, -0.05) is 0 Å². The first-order valence-electron chi connectivity index (χ1n) is 5.76. The normalized spacial score (nSPS) is 11.4. The Morgan fingerprint density at radius 1 is 1.32 bits per heavy atom. The zero-order valence-electron chi connectivity index (χ0n) is 10.8. The van der Waals surface area contributed by atoms with E-state index in [0.717, 1.165) is 12.1 Å². The average molecular weight is 300 g/mol. The van der Waals surface area contributed by atoms with E-state index in [1.807, 2.05) is 0 Å². The minimum absolute atomic E-state index is 0.0534. The van der Waals surface area contributed by atoms with Crippen molar-refractivity contribution >= 4 is 17.0 Å². The number of aliphatic hydroxyl groups is 1. The summed E-state index contributed by atoms with van der Waals surface area (Å²) in [5.41, 5.74) is -1.26. The fourth-order valence-electron chi connectivity index (χ4n) is 1.68. The molecule has 2 aromatic rings. The highest BCUT2D eigenvalue weighted by Gasteiger charge is 2.22. The molecule has 2 rings (SSSR count). The van der Waals surface area contributed by atoms with Crippen molar-refractivity contribution in [3.63, 3.8) is 0 Å². The fourth-order valence-corrected chi connectivity index (χ4v) is 1.68. The van der Waals surface area contributed by atoms with Crippen LogP contribution in [0.15, 0.2) is 30.7 Å². The zero-order valence-corrected chi connectivity index (χ0v) is 10.8. The maximum Gasteiger partial charge on any atom is 0.315 e. The van der Waals surface area contributed by atoms with Crippen LogP contribution >= 0.6 is 0 Å². The number of nitrogens with zero attached hydrogens (tertiary/aromatic N) is 4. The van der Waals surface area contributed by atoms with E-state index in [1.165, 1.54) is 18.6 Å². The standard InChI is InChI=1S/C13H8N4O5/c14-5-8(9-6-15-1-2-16-9)12(19)7-3-10(17(21)22)13(20)11(18)4-7/h1-4,6,18-20H/b12-8-. The van der Waals surface area contributed by atoms with Crippen molar-refractivity contribution in [3.8, 4) is 17.6 Å². The Morgan fingerprint density at radius 3 is 2.59 bits per heavy atom. The molecule has 0 aliphatic carbocycles. The van der Waals surface area contributed by atoms with Gasteiger partial charge in [0.1, 0.15) is 23.1 Å². The maximum absolute atomic E-state index is 10.8. The number of hydrogen-bond acceptors (Lipinski definition) is 8. The number of aromatic hydroxyl groups is 2. The Labute approximate surface area is 123 Å². The van der Waals surface area contributed by atoms with E-state index < -0.39 is 27.9 Å². The van der Waals surface area contributed by atoms with Gasteiger partial charge in [-0.15, -0.1) is 0 Å². The topological polar surface area (TPSA) is 153 Å². The van der Waals surface area contributed by atoms with E-state index in [1.54, 1.807) is 6.07 Å². The summed E-state index contributed by atoms with van der Waals surface area (Å²) in [5, 5.41) is 49.0. The van der Waals surface area contributed by atoms with Crippen LogP contribution in [0.2, 0.25) is 0 Å². The fraction of sp³-hybridized carbons (Fsp3) is 0. The summed E-state index contributed by atoms with van der Waals surface area (Å²) < 4.78 is 0. The van der Waals surface area contributed by atoms with Crippen LogP contribution in [0, 0.1) is 21.4 Å².